The van der Waals surface area contributed by atoms with Gasteiger partial charge in [0.15, 0.2) is 0 Å². The SMILES string of the molecule is COC(=O)c1cc(N)cc(CCC(C)C)c1. The van der Waals surface area contributed by atoms with Crippen molar-refractivity contribution >= 4 is 11.7 Å². The standard InChI is InChI=1S/C13H19NO2/c1-9(2)4-5-10-6-11(13(15)16-3)8-12(14)7-10/h6-9H,4-5,14H2,1-3H3. The molecule has 3 nitrogen and oxygen atoms in total. The lowest BCUT2D eigenvalue weighted by atomic mass is 10.0. The molecule has 0 radical (unpaired) electrons. The van der Waals surface area contributed by atoms with Crippen molar-refractivity contribution < 1.29 is 9.53 Å². The van der Waals surface area contributed by atoms with E-state index in [9.17, 15) is 4.79 Å². The normalized spacial score (nSPS) is 10.5. The van der Waals surface area contributed by atoms with E-state index in [1.807, 2.05) is 12.1 Å². The zero-order chi connectivity index (χ0) is 12.1. The lowest BCUT2D eigenvalue weighted by Crippen LogP contribution is -2.04. The van der Waals surface area contributed by atoms with E-state index in [1.54, 1.807) is 6.07 Å². The van der Waals surface area contributed by atoms with E-state index >= 15 is 0 Å². The topological polar surface area (TPSA) is 52.3 Å². The van der Waals surface area contributed by atoms with E-state index in [-0.39, 0.29) is 5.97 Å². The van der Waals surface area contributed by atoms with Crippen LogP contribution in [0.15, 0.2) is 18.2 Å². The van der Waals surface area contributed by atoms with E-state index < -0.39 is 0 Å². The molecule has 16 heavy (non-hydrogen) atoms. The Morgan fingerprint density at radius 1 is 1.38 bits per heavy atom. The first kappa shape index (κ1) is 12.6. The third-order valence-electron chi connectivity index (χ3n) is 2.45. The van der Waals surface area contributed by atoms with Gasteiger partial charge in [0.1, 0.15) is 0 Å². The lowest BCUT2D eigenvalue weighted by molar-refractivity contribution is 0.0600. The van der Waals surface area contributed by atoms with Crippen LogP contribution in [0.25, 0.3) is 0 Å². The first-order valence-electron chi connectivity index (χ1n) is 5.50. The van der Waals surface area contributed by atoms with Crippen molar-refractivity contribution in [1.29, 1.82) is 0 Å². The molecule has 0 aliphatic rings. The van der Waals surface area contributed by atoms with E-state index in [1.165, 1.54) is 7.11 Å². The number of methoxy groups -OCH3 is 1. The fourth-order valence-corrected chi connectivity index (χ4v) is 1.55. The average Bonchev–Trinajstić information content (AvgIpc) is 2.24. The fourth-order valence-electron chi connectivity index (χ4n) is 1.55. The summed E-state index contributed by atoms with van der Waals surface area (Å²) in [7, 11) is 1.37. The van der Waals surface area contributed by atoms with Crippen molar-refractivity contribution in [3.05, 3.63) is 29.3 Å². The van der Waals surface area contributed by atoms with E-state index in [0.717, 1.165) is 18.4 Å². The highest BCUT2D eigenvalue weighted by atomic mass is 16.5. The second kappa shape index (κ2) is 5.54. The predicted molar refractivity (Wildman–Crippen MR) is 65.4 cm³/mol. The monoisotopic (exact) mass is 221 g/mol. The number of nitrogens with two attached hydrogens (primary N) is 1. The van der Waals surface area contributed by atoms with E-state index in [2.05, 4.69) is 18.6 Å². The van der Waals surface area contributed by atoms with Crippen molar-refractivity contribution in [2.45, 2.75) is 26.7 Å². The number of hydrogen-bond acceptors (Lipinski definition) is 3. The van der Waals surface area contributed by atoms with Gasteiger partial charge in [-0.1, -0.05) is 13.8 Å². The second-order valence-corrected chi connectivity index (χ2v) is 4.39. The maximum atomic E-state index is 11.4. The summed E-state index contributed by atoms with van der Waals surface area (Å²) in [5.74, 6) is 0.307. The van der Waals surface area contributed by atoms with Crippen LogP contribution in [0.4, 0.5) is 5.69 Å². The molecule has 0 fully saturated rings. The van der Waals surface area contributed by atoms with Gasteiger partial charge >= 0.3 is 5.97 Å². The molecule has 3 heteroatoms. The minimum absolute atomic E-state index is 0.335. The van der Waals surface area contributed by atoms with Crippen LogP contribution < -0.4 is 5.73 Å². The Labute approximate surface area is 96.6 Å². The largest absolute Gasteiger partial charge is 0.465 e. The molecular formula is C13H19NO2. The number of nitrogen functional groups attached to an aromatic ring is 1. The fraction of sp³-hybridized carbons (Fsp3) is 0.462. The predicted octanol–water partition coefficient (Wildman–Crippen LogP) is 2.64. The summed E-state index contributed by atoms with van der Waals surface area (Å²) in [4.78, 5) is 11.4. The number of benzene rings is 1. The van der Waals surface area contributed by atoms with Gasteiger partial charge in [0.05, 0.1) is 12.7 Å². The van der Waals surface area contributed by atoms with Crippen LogP contribution >= 0.6 is 0 Å². The number of hydrogen-bond donors (Lipinski definition) is 1. The number of aryl methyl sites for hydroxylation is 1. The number of esters is 1. The van der Waals surface area contributed by atoms with Crippen molar-refractivity contribution in [1.82, 2.24) is 0 Å². The first-order valence-corrected chi connectivity index (χ1v) is 5.50. The zero-order valence-corrected chi connectivity index (χ0v) is 10.1. The van der Waals surface area contributed by atoms with Crippen LogP contribution in [0.1, 0.15) is 36.2 Å². The molecule has 0 aromatic heterocycles. The minimum atomic E-state index is -0.335. The number of rotatable bonds is 4. The maximum Gasteiger partial charge on any atom is 0.337 e. The van der Waals surface area contributed by atoms with Gasteiger partial charge in [-0.2, -0.15) is 0 Å². The number of carbonyl (C=O) groups excluding carboxylic acids is 1. The Morgan fingerprint density at radius 2 is 2.06 bits per heavy atom. The third-order valence-corrected chi connectivity index (χ3v) is 2.45. The van der Waals surface area contributed by atoms with Crippen LogP contribution in [-0.2, 0) is 11.2 Å². The molecule has 0 aliphatic carbocycles. The molecule has 1 aromatic carbocycles. The van der Waals surface area contributed by atoms with Crippen LogP contribution in [0.3, 0.4) is 0 Å². The summed E-state index contributed by atoms with van der Waals surface area (Å²) in [6, 6.07) is 5.41. The molecule has 0 spiro atoms. The van der Waals surface area contributed by atoms with Gasteiger partial charge in [-0.3, -0.25) is 0 Å². The smallest absolute Gasteiger partial charge is 0.337 e. The molecule has 0 bridgehead atoms. The van der Waals surface area contributed by atoms with Gasteiger partial charge < -0.3 is 10.5 Å². The molecule has 0 amide bonds. The van der Waals surface area contributed by atoms with Gasteiger partial charge in [0.25, 0.3) is 0 Å². The highest BCUT2D eigenvalue weighted by Crippen LogP contribution is 2.16. The van der Waals surface area contributed by atoms with Crippen LogP contribution in [0.2, 0.25) is 0 Å². The molecule has 0 unspecified atom stereocenters. The molecule has 1 rings (SSSR count). The molecule has 2 N–H and O–H groups in total. The molecule has 0 saturated carbocycles. The van der Waals surface area contributed by atoms with Crippen LogP contribution in [-0.4, -0.2) is 13.1 Å². The molecule has 0 atom stereocenters. The Hall–Kier alpha value is -1.51. The van der Waals surface area contributed by atoms with Gasteiger partial charge in [0, 0.05) is 5.69 Å². The van der Waals surface area contributed by atoms with E-state index in [0.29, 0.717) is 17.2 Å². The van der Waals surface area contributed by atoms with Crippen LogP contribution in [0.5, 0.6) is 0 Å². The molecule has 1 aromatic rings. The van der Waals surface area contributed by atoms with Gasteiger partial charge in [0.2, 0.25) is 0 Å². The molecule has 0 saturated heterocycles. The lowest BCUT2D eigenvalue weighted by Gasteiger charge is -2.08. The summed E-state index contributed by atoms with van der Waals surface area (Å²) in [6.07, 6.45) is 2.02. The average molecular weight is 221 g/mol. The van der Waals surface area contributed by atoms with Gasteiger partial charge in [-0.05, 0) is 42.5 Å². The number of anilines is 1. The number of carbonyl (C=O) groups is 1. The third kappa shape index (κ3) is 3.57. The molecular weight excluding hydrogens is 202 g/mol. The highest BCUT2D eigenvalue weighted by Gasteiger charge is 2.08. The summed E-state index contributed by atoms with van der Waals surface area (Å²) < 4.78 is 4.68. The Bertz CT molecular complexity index is 372. The van der Waals surface area contributed by atoms with Crippen molar-refractivity contribution in [3.63, 3.8) is 0 Å². The first-order chi connectivity index (χ1) is 7.52. The quantitative estimate of drug-likeness (QED) is 0.628. The molecule has 0 heterocycles. The maximum absolute atomic E-state index is 11.4. The Kier molecular flexibility index (Phi) is 4.35. The number of ether oxygens (including phenoxy) is 1. The van der Waals surface area contributed by atoms with Crippen molar-refractivity contribution in [2.75, 3.05) is 12.8 Å². The summed E-state index contributed by atoms with van der Waals surface area (Å²) in [5, 5.41) is 0. The highest BCUT2D eigenvalue weighted by molar-refractivity contribution is 5.90. The minimum Gasteiger partial charge on any atom is -0.465 e. The van der Waals surface area contributed by atoms with E-state index in [4.69, 9.17) is 5.73 Å². The Morgan fingerprint density at radius 3 is 2.62 bits per heavy atom. The second-order valence-electron chi connectivity index (χ2n) is 4.39. The summed E-state index contributed by atoms with van der Waals surface area (Å²) in [6.45, 7) is 4.35. The summed E-state index contributed by atoms with van der Waals surface area (Å²) in [5.41, 5.74) is 7.98. The molecule has 88 valence electrons. The Balaban J connectivity index is 2.85. The van der Waals surface area contributed by atoms with Gasteiger partial charge in [-0.25, -0.2) is 4.79 Å². The van der Waals surface area contributed by atoms with Crippen molar-refractivity contribution in [2.24, 2.45) is 5.92 Å². The zero-order valence-electron chi connectivity index (χ0n) is 10.1. The van der Waals surface area contributed by atoms with Gasteiger partial charge in [-0.15, -0.1) is 0 Å². The van der Waals surface area contributed by atoms with Crippen LogP contribution in [0, 0.1) is 5.92 Å². The molecule has 0 aliphatic heterocycles. The summed E-state index contributed by atoms with van der Waals surface area (Å²) >= 11 is 0. The van der Waals surface area contributed by atoms with Crippen molar-refractivity contribution in [3.8, 4) is 0 Å².